The normalized spacial score (nSPS) is 13.0. The van der Waals surface area contributed by atoms with Crippen molar-refractivity contribution in [3.05, 3.63) is 34.3 Å². The number of aryl methyl sites for hydroxylation is 1. The Morgan fingerprint density at radius 1 is 1.50 bits per heavy atom. The third-order valence-corrected chi connectivity index (χ3v) is 2.45. The molecular formula is C9H13ClN2. The molecular weight excluding hydrogens is 172 g/mol. The lowest BCUT2D eigenvalue weighted by molar-refractivity contribution is 0.602. The van der Waals surface area contributed by atoms with Crippen LogP contribution in [0.4, 0.5) is 0 Å². The molecule has 0 amide bonds. The van der Waals surface area contributed by atoms with Crippen LogP contribution in [-0.4, -0.2) is 0 Å². The Bertz CT molecular complexity index is 273. The van der Waals surface area contributed by atoms with E-state index >= 15 is 0 Å². The first-order chi connectivity index (χ1) is 5.66. The molecule has 0 aliphatic heterocycles. The molecule has 0 aromatic heterocycles. The lowest BCUT2D eigenvalue weighted by Crippen LogP contribution is -2.25. The predicted octanol–water partition coefficient (Wildman–Crippen LogP) is 2.17. The fraction of sp³-hybridized carbons (Fsp3) is 0.333. The van der Waals surface area contributed by atoms with Gasteiger partial charge in [0.05, 0.1) is 0 Å². The molecule has 0 spiro atoms. The molecule has 1 rings (SSSR count). The van der Waals surface area contributed by atoms with Gasteiger partial charge in [-0.15, -0.1) is 0 Å². The van der Waals surface area contributed by atoms with E-state index in [1.165, 1.54) is 0 Å². The summed E-state index contributed by atoms with van der Waals surface area (Å²) in [5.74, 6) is 5.31. The summed E-state index contributed by atoms with van der Waals surface area (Å²) >= 11 is 6.07. The standard InChI is InChI=1S/C9H13ClN2/c1-6-4-3-5-8(9(6)10)7(2)12-11/h3-5,7,12H,11H2,1-2H3. The maximum atomic E-state index is 6.07. The topological polar surface area (TPSA) is 38.0 Å². The van der Waals surface area contributed by atoms with Gasteiger partial charge in [0.1, 0.15) is 0 Å². The Morgan fingerprint density at radius 3 is 2.75 bits per heavy atom. The third kappa shape index (κ3) is 1.78. The Balaban J connectivity index is 3.07. The number of benzene rings is 1. The minimum atomic E-state index is 0.0948. The summed E-state index contributed by atoms with van der Waals surface area (Å²) in [6.45, 7) is 3.95. The van der Waals surface area contributed by atoms with Crippen molar-refractivity contribution in [1.29, 1.82) is 0 Å². The number of nitrogens with two attached hydrogens (primary N) is 1. The van der Waals surface area contributed by atoms with Gasteiger partial charge < -0.3 is 0 Å². The largest absolute Gasteiger partial charge is 0.271 e. The molecule has 0 aliphatic carbocycles. The van der Waals surface area contributed by atoms with E-state index in [1.807, 2.05) is 32.0 Å². The Kier molecular flexibility index (Phi) is 3.09. The molecule has 0 heterocycles. The average Bonchev–Trinajstić information content (AvgIpc) is 2.08. The van der Waals surface area contributed by atoms with Gasteiger partial charge in [-0.2, -0.15) is 0 Å². The predicted molar refractivity (Wildman–Crippen MR) is 51.9 cm³/mol. The van der Waals surface area contributed by atoms with Crippen molar-refractivity contribution in [2.45, 2.75) is 19.9 Å². The molecule has 0 bridgehead atoms. The van der Waals surface area contributed by atoms with Crippen molar-refractivity contribution in [2.75, 3.05) is 0 Å². The number of rotatable bonds is 2. The highest BCUT2D eigenvalue weighted by Crippen LogP contribution is 2.25. The molecule has 0 radical (unpaired) electrons. The van der Waals surface area contributed by atoms with E-state index in [2.05, 4.69) is 5.43 Å². The highest BCUT2D eigenvalue weighted by Gasteiger charge is 2.08. The lowest BCUT2D eigenvalue weighted by atomic mass is 10.1. The summed E-state index contributed by atoms with van der Waals surface area (Å²) in [5.41, 5.74) is 4.79. The second-order valence-corrected chi connectivity index (χ2v) is 3.24. The molecule has 0 saturated carbocycles. The zero-order valence-electron chi connectivity index (χ0n) is 7.26. The Labute approximate surface area is 77.7 Å². The SMILES string of the molecule is Cc1cccc(C(C)NN)c1Cl. The summed E-state index contributed by atoms with van der Waals surface area (Å²) in [6.07, 6.45) is 0. The van der Waals surface area contributed by atoms with Crippen molar-refractivity contribution < 1.29 is 0 Å². The van der Waals surface area contributed by atoms with Gasteiger partial charge in [0, 0.05) is 11.1 Å². The van der Waals surface area contributed by atoms with E-state index in [0.717, 1.165) is 16.1 Å². The highest BCUT2D eigenvalue weighted by atomic mass is 35.5. The van der Waals surface area contributed by atoms with Gasteiger partial charge in [0.15, 0.2) is 0 Å². The molecule has 3 heteroatoms. The first-order valence-corrected chi connectivity index (χ1v) is 4.25. The zero-order chi connectivity index (χ0) is 9.14. The van der Waals surface area contributed by atoms with Crippen LogP contribution in [0.1, 0.15) is 24.1 Å². The van der Waals surface area contributed by atoms with Gasteiger partial charge >= 0.3 is 0 Å². The minimum Gasteiger partial charge on any atom is -0.271 e. The van der Waals surface area contributed by atoms with Crippen molar-refractivity contribution in [3.63, 3.8) is 0 Å². The van der Waals surface area contributed by atoms with Crippen LogP contribution < -0.4 is 11.3 Å². The number of halogens is 1. The van der Waals surface area contributed by atoms with Crippen LogP contribution in [0.25, 0.3) is 0 Å². The monoisotopic (exact) mass is 184 g/mol. The summed E-state index contributed by atoms with van der Waals surface area (Å²) in [5, 5.41) is 0.794. The maximum absolute atomic E-state index is 6.07. The molecule has 1 aromatic rings. The van der Waals surface area contributed by atoms with Gasteiger partial charge in [-0.25, -0.2) is 0 Å². The average molecular weight is 185 g/mol. The van der Waals surface area contributed by atoms with Gasteiger partial charge in [0.25, 0.3) is 0 Å². The highest BCUT2D eigenvalue weighted by molar-refractivity contribution is 6.32. The van der Waals surface area contributed by atoms with Crippen LogP contribution in [0.5, 0.6) is 0 Å². The quantitative estimate of drug-likeness (QED) is 0.546. The summed E-state index contributed by atoms with van der Waals surface area (Å²) in [7, 11) is 0. The number of hydrogen-bond acceptors (Lipinski definition) is 2. The number of hydrazine groups is 1. The number of nitrogens with one attached hydrogen (secondary N) is 1. The molecule has 2 nitrogen and oxygen atoms in total. The molecule has 0 aliphatic rings. The molecule has 0 saturated heterocycles. The van der Waals surface area contributed by atoms with Crippen molar-refractivity contribution in [3.8, 4) is 0 Å². The molecule has 12 heavy (non-hydrogen) atoms. The fourth-order valence-electron chi connectivity index (χ4n) is 1.09. The van der Waals surface area contributed by atoms with E-state index in [1.54, 1.807) is 0 Å². The zero-order valence-corrected chi connectivity index (χ0v) is 8.02. The van der Waals surface area contributed by atoms with E-state index in [4.69, 9.17) is 17.4 Å². The third-order valence-electron chi connectivity index (χ3n) is 1.94. The molecule has 1 aromatic carbocycles. The van der Waals surface area contributed by atoms with Gasteiger partial charge in [-0.1, -0.05) is 29.8 Å². The first-order valence-electron chi connectivity index (χ1n) is 3.88. The molecule has 0 fully saturated rings. The van der Waals surface area contributed by atoms with E-state index in [-0.39, 0.29) is 6.04 Å². The van der Waals surface area contributed by atoms with Crippen molar-refractivity contribution >= 4 is 11.6 Å². The van der Waals surface area contributed by atoms with Crippen LogP contribution in [0, 0.1) is 6.92 Å². The smallest absolute Gasteiger partial charge is 0.0483 e. The maximum Gasteiger partial charge on any atom is 0.0483 e. The van der Waals surface area contributed by atoms with E-state index in [0.29, 0.717) is 0 Å². The van der Waals surface area contributed by atoms with Crippen LogP contribution in [-0.2, 0) is 0 Å². The molecule has 3 N–H and O–H groups in total. The van der Waals surface area contributed by atoms with Crippen molar-refractivity contribution in [2.24, 2.45) is 5.84 Å². The van der Waals surface area contributed by atoms with Crippen LogP contribution in [0.2, 0.25) is 5.02 Å². The van der Waals surface area contributed by atoms with Gasteiger partial charge in [0.2, 0.25) is 0 Å². The summed E-state index contributed by atoms with van der Waals surface area (Å²) in [4.78, 5) is 0. The molecule has 1 atom stereocenters. The summed E-state index contributed by atoms with van der Waals surface area (Å²) in [6, 6.07) is 6.02. The second-order valence-electron chi connectivity index (χ2n) is 2.87. The Hall–Kier alpha value is -0.570. The van der Waals surface area contributed by atoms with Gasteiger partial charge in [-0.3, -0.25) is 11.3 Å². The van der Waals surface area contributed by atoms with E-state index in [9.17, 15) is 0 Å². The van der Waals surface area contributed by atoms with Crippen molar-refractivity contribution in [1.82, 2.24) is 5.43 Å². The second kappa shape index (κ2) is 3.90. The van der Waals surface area contributed by atoms with Gasteiger partial charge in [-0.05, 0) is 25.0 Å². The number of hydrogen-bond donors (Lipinski definition) is 2. The fourth-order valence-corrected chi connectivity index (χ4v) is 1.38. The molecule has 66 valence electrons. The summed E-state index contributed by atoms with van der Waals surface area (Å²) < 4.78 is 0. The van der Waals surface area contributed by atoms with Crippen LogP contribution in [0.3, 0.4) is 0 Å². The van der Waals surface area contributed by atoms with E-state index < -0.39 is 0 Å². The first kappa shape index (κ1) is 9.52. The lowest BCUT2D eigenvalue weighted by Gasteiger charge is -2.13. The van der Waals surface area contributed by atoms with Crippen LogP contribution >= 0.6 is 11.6 Å². The van der Waals surface area contributed by atoms with Crippen LogP contribution in [0.15, 0.2) is 18.2 Å². The Morgan fingerprint density at radius 2 is 2.17 bits per heavy atom. The minimum absolute atomic E-state index is 0.0948. The molecule has 1 unspecified atom stereocenters.